The molecule has 5 nitrogen and oxygen atoms in total. The Bertz CT molecular complexity index is 1020. The third-order valence-electron chi connectivity index (χ3n) is 4.39. The Kier molecular flexibility index (Phi) is 6.52. The van der Waals surface area contributed by atoms with Crippen LogP contribution in [0.5, 0.6) is 5.75 Å². The molecule has 148 valence electrons. The Morgan fingerprint density at radius 1 is 0.931 bits per heavy atom. The molecule has 3 rings (SSSR count). The van der Waals surface area contributed by atoms with Crippen LogP contribution in [0.3, 0.4) is 0 Å². The van der Waals surface area contributed by atoms with Gasteiger partial charge in [-0.3, -0.25) is 9.59 Å². The van der Waals surface area contributed by atoms with E-state index in [9.17, 15) is 9.59 Å². The zero-order valence-electron chi connectivity index (χ0n) is 16.1. The summed E-state index contributed by atoms with van der Waals surface area (Å²) in [5.74, 6) is 0.231. The normalized spacial score (nSPS) is 11.4. The lowest BCUT2D eigenvalue weighted by Gasteiger charge is -2.20. The topological polar surface area (TPSA) is 67.4 Å². The van der Waals surface area contributed by atoms with E-state index in [2.05, 4.69) is 10.6 Å². The first-order chi connectivity index (χ1) is 14.0. The van der Waals surface area contributed by atoms with Gasteiger partial charge < -0.3 is 15.4 Å². The average Bonchev–Trinajstić information content (AvgIpc) is 2.73. The van der Waals surface area contributed by atoms with Crippen molar-refractivity contribution in [1.82, 2.24) is 0 Å². The molecule has 0 aromatic heterocycles. The fourth-order valence-corrected chi connectivity index (χ4v) is 3.16. The van der Waals surface area contributed by atoms with Gasteiger partial charge in [-0.1, -0.05) is 54.1 Å². The number of nitrogens with one attached hydrogen (secondary N) is 2. The number of ketones is 1. The molecule has 0 radical (unpaired) electrons. The lowest BCUT2D eigenvalue weighted by molar-refractivity contribution is -0.117. The van der Waals surface area contributed by atoms with Crippen molar-refractivity contribution in [2.75, 3.05) is 17.7 Å². The molecule has 0 aliphatic rings. The number of carbonyl (C=O) groups excluding carboxylic acids is 2. The molecule has 3 aromatic rings. The number of Topliss-reactive ketones (excluding diaryl/α,β-unsaturated/α-hetero) is 1. The number of ether oxygens (including phenoxy) is 1. The molecule has 1 unspecified atom stereocenters. The first-order valence-electron chi connectivity index (χ1n) is 9.05. The molecule has 0 bridgehead atoms. The Hall–Kier alpha value is -3.31. The van der Waals surface area contributed by atoms with E-state index in [0.29, 0.717) is 27.7 Å². The maximum Gasteiger partial charge on any atom is 0.251 e. The van der Waals surface area contributed by atoms with Crippen LogP contribution in [0.15, 0.2) is 72.8 Å². The predicted molar refractivity (Wildman–Crippen MR) is 116 cm³/mol. The maximum absolute atomic E-state index is 13.1. The molecule has 0 saturated heterocycles. The minimum Gasteiger partial charge on any atom is -0.495 e. The smallest absolute Gasteiger partial charge is 0.251 e. The molecule has 29 heavy (non-hydrogen) atoms. The highest BCUT2D eigenvalue weighted by atomic mass is 35.5. The van der Waals surface area contributed by atoms with Crippen molar-refractivity contribution in [2.45, 2.75) is 13.0 Å². The number of benzene rings is 3. The number of amides is 1. The highest BCUT2D eigenvalue weighted by molar-refractivity contribution is 6.32. The second kappa shape index (κ2) is 9.26. The summed E-state index contributed by atoms with van der Waals surface area (Å²) in [6.45, 7) is 1.49. The number of hydrogen-bond acceptors (Lipinski definition) is 4. The molecule has 6 heteroatoms. The first-order valence-corrected chi connectivity index (χ1v) is 9.42. The van der Waals surface area contributed by atoms with Crippen LogP contribution < -0.4 is 15.4 Å². The number of hydrogen-bond donors (Lipinski definition) is 2. The van der Waals surface area contributed by atoms with Crippen molar-refractivity contribution < 1.29 is 14.3 Å². The van der Waals surface area contributed by atoms with Crippen LogP contribution in [0.25, 0.3) is 0 Å². The molecule has 3 aromatic carbocycles. The summed E-state index contributed by atoms with van der Waals surface area (Å²) in [5, 5.41) is 6.55. The molecule has 1 atom stereocenters. The summed E-state index contributed by atoms with van der Waals surface area (Å²) in [6, 6.07) is 20.8. The van der Waals surface area contributed by atoms with Crippen LogP contribution in [-0.4, -0.2) is 18.8 Å². The van der Waals surface area contributed by atoms with Gasteiger partial charge in [0.1, 0.15) is 11.8 Å². The maximum atomic E-state index is 13.1. The van der Waals surface area contributed by atoms with E-state index >= 15 is 0 Å². The van der Waals surface area contributed by atoms with Crippen LogP contribution in [0.2, 0.25) is 5.02 Å². The summed E-state index contributed by atoms with van der Waals surface area (Å²) in [5.41, 5.74) is 2.56. The molecule has 0 aliphatic carbocycles. The molecular weight excluding hydrogens is 388 g/mol. The van der Waals surface area contributed by atoms with Crippen molar-refractivity contribution in [3.05, 3.63) is 88.9 Å². The third-order valence-corrected chi connectivity index (χ3v) is 4.69. The predicted octanol–water partition coefficient (Wildman–Crippen LogP) is 5.34. The molecule has 0 fully saturated rings. The quantitative estimate of drug-likeness (QED) is 0.517. The van der Waals surface area contributed by atoms with Gasteiger partial charge in [0.15, 0.2) is 5.78 Å². The van der Waals surface area contributed by atoms with Crippen molar-refractivity contribution in [3.63, 3.8) is 0 Å². The number of anilines is 2. The summed E-state index contributed by atoms with van der Waals surface area (Å²) < 4.78 is 5.18. The van der Waals surface area contributed by atoms with E-state index in [1.54, 1.807) is 49.6 Å². The highest BCUT2D eigenvalue weighted by Gasteiger charge is 2.21. The third kappa shape index (κ3) is 5.15. The van der Waals surface area contributed by atoms with Gasteiger partial charge in [-0.2, -0.15) is 0 Å². The van der Waals surface area contributed by atoms with Crippen LogP contribution in [-0.2, 0) is 4.79 Å². The number of methoxy groups -OCH3 is 1. The van der Waals surface area contributed by atoms with E-state index in [1.807, 2.05) is 30.3 Å². The van der Waals surface area contributed by atoms with Crippen LogP contribution in [0.1, 0.15) is 28.9 Å². The first kappa shape index (κ1) is 20.4. The van der Waals surface area contributed by atoms with E-state index in [1.165, 1.54) is 6.92 Å². The van der Waals surface area contributed by atoms with Gasteiger partial charge >= 0.3 is 0 Å². The lowest BCUT2D eigenvalue weighted by atomic mass is 10.0. The number of halogens is 1. The average molecular weight is 409 g/mol. The van der Waals surface area contributed by atoms with Gasteiger partial charge in [0.25, 0.3) is 5.91 Å². The van der Waals surface area contributed by atoms with Gasteiger partial charge in [-0.05, 0) is 42.8 Å². The summed E-state index contributed by atoms with van der Waals surface area (Å²) >= 11 is 6.22. The zero-order chi connectivity index (χ0) is 20.8. The minimum absolute atomic E-state index is 0.0632. The summed E-state index contributed by atoms with van der Waals surface area (Å²) in [6.07, 6.45) is 0. The molecule has 1 amide bonds. The molecule has 0 spiro atoms. The van der Waals surface area contributed by atoms with Gasteiger partial charge in [-0.15, -0.1) is 0 Å². The standard InChI is InChI=1S/C23H21ClN2O3/c1-15(27)17-9-6-10-18(13-17)26-23(28)22(16-7-4-3-5-8-16)25-19-11-12-21(29-2)20(24)14-19/h3-14,22,25H,1-2H3,(H,26,28). The molecule has 0 heterocycles. The van der Waals surface area contributed by atoms with E-state index in [4.69, 9.17) is 16.3 Å². The highest BCUT2D eigenvalue weighted by Crippen LogP contribution is 2.29. The van der Waals surface area contributed by atoms with Crippen molar-refractivity contribution >= 4 is 34.7 Å². The second-order valence-corrected chi connectivity index (χ2v) is 6.87. The molecule has 0 saturated carbocycles. The van der Waals surface area contributed by atoms with Gasteiger partial charge in [0, 0.05) is 16.9 Å². The number of carbonyl (C=O) groups is 2. The van der Waals surface area contributed by atoms with E-state index in [-0.39, 0.29) is 11.7 Å². The zero-order valence-corrected chi connectivity index (χ0v) is 16.9. The Morgan fingerprint density at radius 2 is 1.69 bits per heavy atom. The fourth-order valence-electron chi connectivity index (χ4n) is 2.90. The van der Waals surface area contributed by atoms with Crippen LogP contribution in [0.4, 0.5) is 11.4 Å². The Morgan fingerprint density at radius 3 is 2.34 bits per heavy atom. The van der Waals surface area contributed by atoms with Crippen molar-refractivity contribution in [1.29, 1.82) is 0 Å². The second-order valence-electron chi connectivity index (χ2n) is 6.46. The van der Waals surface area contributed by atoms with Crippen LogP contribution >= 0.6 is 11.6 Å². The molecule has 0 aliphatic heterocycles. The largest absolute Gasteiger partial charge is 0.495 e. The fraction of sp³-hybridized carbons (Fsp3) is 0.130. The van der Waals surface area contributed by atoms with E-state index < -0.39 is 6.04 Å². The minimum atomic E-state index is -0.665. The number of rotatable bonds is 7. The summed E-state index contributed by atoms with van der Waals surface area (Å²) in [7, 11) is 1.55. The van der Waals surface area contributed by atoms with Crippen molar-refractivity contribution in [2.24, 2.45) is 0 Å². The van der Waals surface area contributed by atoms with Crippen LogP contribution in [0, 0.1) is 0 Å². The SMILES string of the molecule is COc1ccc(NC(C(=O)Nc2cccc(C(C)=O)c2)c2ccccc2)cc1Cl. The monoisotopic (exact) mass is 408 g/mol. The van der Waals surface area contributed by atoms with E-state index in [0.717, 1.165) is 5.56 Å². The lowest BCUT2D eigenvalue weighted by Crippen LogP contribution is -2.27. The summed E-state index contributed by atoms with van der Waals surface area (Å²) in [4.78, 5) is 24.7. The molecule has 2 N–H and O–H groups in total. The van der Waals surface area contributed by atoms with Crippen molar-refractivity contribution in [3.8, 4) is 5.75 Å². The molecular formula is C23H21ClN2O3. The van der Waals surface area contributed by atoms with Gasteiger partial charge in [-0.25, -0.2) is 0 Å². The Labute approximate surface area is 174 Å². The van der Waals surface area contributed by atoms with Gasteiger partial charge in [0.2, 0.25) is 0 Å². The Balaban J connectivity index is 1.87. The van der Waals surface area contributed by atoms with Gasteiger partial charge in [0.05, 0.1) is 12.1 Å².